The van der Waals surface area contributed by atoms with Gasteiger partial charge in [0, 0.05) is 92.7 Å². The number of nitrogens with zero attached hydrogens (tertiary/aromatic N) is 8. The first-order valence-electron chi connectivity index (χ1n) is 18.0. The molecule has 0 spiro atoms. The maximum Gasteiger partial charge on any atom is 0.319 e. The summed E-state index contributed by atoms with van der Waals surface area (Å²) in [6.07, 6.45) is 5.79. The Morgan fingerprint density at radius 2 is 1.90 bits per heavy atom. The molecule has 5 aromatic rings. The number of alkyl halides is 1. The van der Waals surface area contributed by atoms with E-state index in [1.807, 2.05) is 0 Å². The third kappa shape index (κ3) is 5.20. The minimum atomic E-state index is -0.936. The lowest BCUT2D eigenvalue weighted by Crippen LogP contribution is -2.54. The number of likely N-dealkylation sites (tertiary alicyclic amines) is 1. The molecule has 15 heteroatoms. The van der Waals surface area contributed by atoms with Crippen LogP contribution in [0.4, 0.5) is 24.0 Å². The van der Waals surface area contributed by atoms with E-state index in [9.17, 15) is 9.65 Å². The van der Waals surface area contributed by atoms with E-state index in [1.165, 1.54) is 6.07 Å². The Morgan fingerprint density at radius 1 is 1.10 bits per heavy atom. The Labute approximate surface area is 302 Å². The fraction of sp³-hybridized carbons (Fsp3) is 0.514. The Morgan fingerprint density at radius 3 is 2.67 bits per heavy atom. The Balaban J connectivity index is 1.25. The molecule has 9 rings (SSSR count). The monoisotopic (exact) mass is 731 g/mol. The van der Waals surface area contributed by atoms with Crippen LogP contribution in [0.1, 0.15) is 44.1 Å². The van der Waals surface area contributed by atoms with Gasteiger partial charge in [0.05, 0.1) is 22.1 Å². The molecule has 52 heavy (non-hydrogen) atoms. The van der Waals surface area contributed by atoms with Crippen LogP contribution in [-0.2, 0) is 11.8 Å². The summed E-state index contributed by atoms with van der Waals surface area (Å²) >= 11 is 1.15. The summed E-state index contributed by atoms with van der Waals surface area (Å²) in [6.45, 7) is 4.60. The number of rotatable bonds is 9. The van der Waals surface area contributed by atoms with E-state index in [0.29, 0.717) is 40.9 Å². The van der Waals surface area contributed by atoms with Gasteiger partial charge in [0.2, 0.25) is 0 Å². The van der Waals surface area contributed by atoms with E-state index in [4.69, 9.17) is 30.3 Å². The third-order valence-corrected chi connectivity index (χ3v) is 12.7. The lowest BCUT2D eigenvalue weighted by Gasteiger charge is -2.42. The van der Waals surface area contributed by atoms with Gasteiger partial charge in [0.1, 0.15) is 46.5 Å². The zero-order valence-electron chi connectivity index (χ0n) is 29.2. The maximum atomic E-state index is 17.7. The fourth-order valence-electron chi connectivity index (χ4n) is 9.53. The standard InChI is InChI=1S/C37H40F3N9O2S/c1-46-18-24-28-33(31(40)30(32(24)45-46)29-25(39)7-8-26-27(29)23(14-41)34(42)52-26)43-36(51-19-37-9-3-11-48(37)15-20(38)13-37)44-35(28)49-21-5-6-22(49)17-47(16-21)10-4-12-50-2/h7-8,18,20-22H,3-6,9-13,15-17,19,42H2,1-2H3/t20-,21-,22+,37+/m1/s1. The minimum Gasteiger partial charge on any atom is -0.461 e. The molecule has 4 aliphatic heterocycles. The molecule has 4 saturated heterocycles. The van der Waals surface area contributed by atoms with Crippen molar-refractivity contribution < 1.29 is 22.6 Å². The SMILES string of the molecule is COCCCN1C[C@H]2CC[C@@H](C1)N2c1nc(OC[C@@]23CCCN2C[C@H](F)C3)nc2c(F)c(-c3c(F)ccc4sc(N)c(C#N)c34)c3nn(C)cc3c12. The number of nitrogen functional groups attached to an aromatic ring is 1. The largest absolute Gasteiger partial charge is 0.461 e. The second kappa shape index (κ2) is 12.7. The van der Waals surface area contributed by atoms with Crippen molar-refractivity contribution in [2.24, 2.45) is 7.05 Å². The number of hydrogen-bond acceptors (Lipinski definition) is 11. The molecule has 4 aliphatic rings. The predicted octanol–water partition coefficient (Wildman–Crippen LogP) is 5.77. The topological polar surface area (TPSA) is 122 Å². The van der Waals surface area contributed by atoms with E-state index in [2.05, 4.69) is 20.8 Å². The highest BCUT2D eigenvalue weighted by atomic mass is 32.1. The molecule has 4 atom stereocenters. The number of anilines is 2. The number of aromatic nitrogens is 4. The maximum absolute atomic E-state index is 17.7. The van der Waals surface area contributed by atoms with Crippen molar-refractivity contribution in [1.82, 2.24) is 29.5 Å². The van der Waals surface area contributed by atoms with Gasteiger partial charge >= 0.3 is 6.01 Å². The van der Waals surface area contributed by atoms with Gasteiger partial charge in [-0.1, -0.05) is 0 Å². The van der Waals surface area contributed by atoms with Crippen molar-refractivity contribution in [3.05, 3.63) is 35.5 Å². The first-order valence-corrected chi connectivity index (χ1v) is 18.8. The molecule has 2 bridgehead atoms. The molecule has 0 unspecified atom stereocenters. The molecule has 2 aromatic carbocycles. The van der Waals surface area contributed by atoms with Crippen LogP contribution in [0.5, 0.6) is 6.01 Å². The first kappa shape index (κ1) is 33.6. The molecule has 2 N–H and O–H groups in total. The van der Waals surface area contributed by atoms with Crippen molar-refractivity contribution in [2.45, 2.75) is 62.3 Å². The fourth-order valence-corrected chi connectivity index (χ4v) is 10.5. The average molecular weight is 732 g/mol. The van der Waals surface area contributed by atoms with Crippen molar-refractivity contribution in [3.63, 3.8) is 0 Å². The second-order valence-electron chi connectivity index (χ2n) is 14.8. The van der Waals surface area contributed by atoms with E-state index < -0.39 is 23.3 Å². The predicted molar refractivity (Wildman–Crippen MR) is 194 cm³/mol. The number of nitrogens with two attached hydrogens (primary N) is 1. The van der Waals surface area contributed by atoms with Crippen molar-refractivity contribution in [1.29, 1.82) is 5.26 Å². The molecule has 7 heterocycles. The highest BCUT2D eigenvalue weighted by Gasteiger charge is 2.50. The van der Waals surface area contributed by atoms with Crippen molar-refractivity contribution >= 4 is 54.0 Å². The number of methoxy groups -OCH3 is 1. The van der Waals surface area contributed by atoms with E-state index in [1.54, 1.807) is 31.1 Å². The summed E-state index contributed by atoms with van der Waals surface area (Å²) in [6, 6.07) is 5.16. The Hall–Kier alpha value is -4.23. The molecule has 11 nitrogen and oxygen atoms in total. The van der Waals surface area contributed by atoms with Gasteiger partial charge in [0.15, 0.2) is 5.82 Å². The van der Waals surface area contributed by atoms with Crippen LogP contribution in [0.15, 0.2) is 18.3 Å². The van der Waals surface area contributed by atoms with E-state index >= 15 is 8.78 Å². The number of benzene rings is 2. The van der Waals surface area contributed by atoms with E-state index in [-0.39, 0.29) is 62.8 Å². The molecule has 3 aromatic heterocycles. The van der Waals surface area contributed by atoms with Gasteiger partial charge < -0.3 is 20.1 Å². The number of halogens is 3. The van der Waals surface area contributed by atoms with Gasteiger partial charge in [-0.25, -0.2) is 13.2 Å². The molecule has 0 saturated carbocycles. The zero-order valence-corrected chi connectivity index (χ0v) is 30.0. The van der Waals surface area contributed by atoms with Gasteiger partial charge in [-0.05, 0) is 50.8 Å². The Kier molecular flexibility index (Phi) is 8.22. The lowest BCUT2D eigenvalue weighted by molar-refractivity contribution is 0.107. The molecule has 0 amide bonds. The summed E-state index contributed by atoms with van der Waals surface area (Å²) < 4.78 is 62.4. The molecule has 4 fully saturated rings. The van der Waals surface area contributed by atoms with E-state index in [0.717, 1.165) is 69.6 Å². The quantitative estimate of drug-likeness (QED) is 0.187. The summed E-state index contributed by atoms with van der Waals surface area (Å²) in [5.74, 6) is -0.937. The van der Waals surface area contributed by atoms with Crippen LogP contribution in [0.3, 0.4) is 0 Å². The lowest BCUT2D eigenvalue weighted by atomic mass is 9.94. The second-order valence-corrected chi connectivity index (χ2v) is 15.9. The van der Waals surface area contributed by atoms with Gasteiger partial charge in [-0.2, -0.15) is 20.3 Å². The molecule has 0 aliphatic carbocycles. The van der Waals surface area contributed by atoms with Crippen molar-refractivity contribution in [3.8, 4) is 23.2 Å². The number of hydrogen-bond donors (Lipinski definition) is 1. The number of aryl methyl sites for hydroxylation is 1. The zero-order chi connectivity index (χ0) is 35.9. The van der Waals surface area contributed by atoms with Gasteiger partial charge in [0.25, 0.3) is 0 Å². The summed E-state index contributed by atoms with van der Waals surface area (Å²) in [7, 11) is 3.45. The number of nitriles is 1. The number of ether oxygens (including phenoxy) is 2. The van der Waals surface area contributed by atoms with Gasteiger partial charge in [-0.15, -0.1) is 11.3 Å². The normalized spacial score (nSPS) is 24.8. The summed E-state index contributed by atoms with van der Waals surface area (Å²) in [4.78, 5) is 16.7. The van der Waals surface area contributed by atoms with Crippen LogP contribution in [0, 0.1) is 23.0 Å². The first-order chi connectivity index (χ1) is 25.2. The average Bonchev–Trinajstić information content (AvgIpc) is 3.90. The smallest absolute Gasteiger partial charge is 0.319 e. The van der Waals surface area contributed by atoms with Crippen LogP contribution in [0.2, 0.25) is 0 Å². The van der Waals surface area contributed by atoms with Gasteiger partial charge in [-0.3, -0.25) is 14.5 Å². The molecule has 0 radical (unpaired) electrons. The molecule has 272 valence electrons. The summed E-state index contributed by atoms with van der Waals surface area (Å²) in [5.41, 5.74) is 5.87. The van der Waals surface area contributed by atoms with Crippen LogP contribution >= 0.6 is 11.3 Å². The third-order valence-electron chi connectivity index (χ3n) is 11.7. The van der Waals surface area contributed by atoms with Crippen LogP contribution < -0.4 is 15.4 Å². The highest BCUT2D eigenvalue weighted by Crippen LogP contribution is 2.48. The number of thiophene rings is 1. The van der Waals surface area contributed by atoms with Crippen molar-refractivity contribution in [2.75, 3.05) is 63.7 Å². The van der Waals surface area contributed by atoms with Crippen LogP contribution in [0.25, 0.3) is 43.0 Å². The number of piperazine rings is 1. The molecular formula is C37H40F3N9O2S. The number of fused-ring (bicyclic) bond motifs is 7. The van der Waals surface area contributed by atoms with Crippen LogP contribution in [-0.4, -0.2) is 106 Å². The minimum absolute atomic E-state index is 0.00257. The Bertz CT molecular complexity index is 2260. The molecular weight excluding hydrogens is 692 g/mol. The summed E-state index contributed by atoms with van der Waals surface area (Å²) in [5, 5.41) is 16.3. The highest BCUT2D eigenvalue weighted by molar-refractivity contribution is 7.23.